The Morgan fingerprint density at radius 1 is 1.36 bits per heavy atom. The number of rotatable bonds is 5. The summed E-state index contributed by atoms with van der Waals surface area (Å²) in [5.41, 5.74) is 5.52. The van der Waals surface area contributed by atoms with Crippen LogP contribution in [0.15, 0.2) is 0 Å². The molecule has 0 aliphatic rings. The number of nitrogen functional groups attached to an aromatic ring is 1. The quantitative estimate of drug-likeness (QED) is 0.781. The standard InChI is InChI=1S/C9H18N4S/c1-6(2)11-5-4-7(3)8-12-13-9(10)14-8/h6-7,11H,4-5H2,1-3H3,(H2,10,13). The average Bonchev–Trinajstić information content (AvgIpc) is 2.51. The molecule has 0 aromatic carbocycles. The van der Waals surface area contributed by atoms with Gasteiger partial charge in [0, 0.05) is 12.0 Å². The summed E-state index contributed by atoms with van der Waals surface area (Å²) in [7, 11) is 0. The van der Waals surface area contributed by atoms with Crippen molar-refractivity contribution in [2.45, 2.75) is 39.2 Å². The highest BCUT2D eigenvalue weighted by Crippen LogP contribution is 2.23. The molecule has 1 rings (SSSR count). The number of hydrogen-bond acceptors (Lipinski definition) is 5. The molecule has 1 heterocycles. The Kier molecular flexibility index (Phi) is 4.28. The maximum Gasteiger partial charge on any atom is 0.203 e. The Morgan fingerprint density at radius 2 is 2.07 bits per heavy atom. The highest BCUT2D eigenvalue weighted by Gasteiger charge is 2.10. The average molecular weight is 214 g/mol. The lowest BCUT2D eigenvalue weighted by Crippen LogP contribution is -2.24. The molecule has 0 aliphatic carbocycles. The molecule has 80 valence electrons. The molecule has 0 bridgehead atoms. The number of nitrogens with one attached hydrogen (secondary N) is 1. The zero-order valence-electron chi connectivity index (χ0n) is 8.95. The van der Waals surface area contributed by atoms with Crippen LogP contribution >= 0.6 is 11.3 Å². The molecule has 5 heteroatoms. The molecule has 0 aliphatic heterocycles. The van der Waals surface area contributed by atoms with Crippen molar-refractivity contribution in [3.05, 3.63) is 5.01 Å². The van der Waals surface area contributed by atoms with E-state index in [1.54, 1.807) is 0 Å². The lowest BCUT2D eigenvalue weighted by Gasteiger charge is -2.10. The first-order valence-corrected chi connectivity index (χ1v) is 5.73. The summed E-state index contributed by atoms with van der Waals surface area (Å²) >= 11 is 1.48. The molecule has 1 unspecified atom stereocenters. The van der Waals surface area contributed by atoms with Crippen LogP contribution < -0.4 is 11.1 Å². The molecule has 1 aromatic rings. The predicted molar refractivity (Wildman–Crippen MR) is 60.5 cm³/mol. The van der Waals surface area contributed by atoms with E-state index in [1.165, 1.54) is 11.3 Å². The van der Waals surface area contributed by atoms with Gasteiger partial charge < -0.3 is 11.1 Å². The zero-order chi connectivity index (χ0) is 10.6. The molecule has 3 N–H and O–H groups in total. The molecule has 0 amide bonds. The van der Waals surface area contributed by atoms with Crippen molar-refractivity contribution >= 4 is 16.5 Å². The smallest absolute Gasteiger partial charge is 0.203 e. The first kappa shape index (κ1) is 11.4. The topological polar surface area (TPSA) is 63.8 Å². The zero-order valence-corrected chi connectivity index (χ0v) is 9.77. The van der Waals surface area contributed by atoms with Gasteiger partial charge in [-0.1, -0.05) is 32.1 Å². The molecule has 1 aromatic heterocycles. The number of nitrogens with two attached hydrogens (primary N) is 1. The van der Waals surface area contributed by atoms with Gasteiger partial charge in [0.2, 0.25) is 5.13 Å². The Hall–Kier alpha value is -0.680. The first-order valence-electron chi connectivity index (χ1n) is 4.92. The van der Waals surface area contributed by atoms with E-state index in [0.717, 1.165) is 18.0 Å². The number of aromatic nitrogens is 2. The molecule has 0 spiro atoms. The Morgan fingerprint density at radius 3 is 2.57 bits per heavy atom. The van der Waals surface area contributed by atoms with E-state index >= 15 is 0 Å². The first-order chi connectivity index (χ1) is 6.59. The number of nitrogens with zero attached hydrogens (tertiary/aromatic N) is 2. The molecule has 0 radical (unpaired) electrons. The lowest BCUT2D eigenvalue weighted by atomic mass is 10.1. The summed E-state index contributed by atoms with van der Waals surface area (Å²) in [6, 6.07) is 0.543. The van der Waals surface area contributed by atoms with Gasteiger partial charge in [0.15, 0.2) is 0 Å². The van der Waals surface area contributed by atoms with Crippen LogP contribution in [0, 0.1) is 0 Å². The van der Waals surface area contributed by atoms with E-state index < -0.39 is 0 Å². The second-order valence-corrected chi connectivity index (χ2v) is 4.82. The van der Waals surface area contributed by atoms with E-state index in [2.05, 4.69) is 36.3 Å². The van der Waals surface area contributed by atoms with E-state index in [9.17, 15) is 0 Å². The van der Waals surface area contributed by atoms with Crippen molar-refractivity contribution in [2.24, 2.45) is 0 Å². The summed E-state index contributed by atoms with van der Waals surface area (Å²) in [4.78, 5) is 0. The molecule has 1 atom stereocenters. The summed E-state index contributed by atoms with van der Waals surface area (Å²) in [6.07, 6.45) is 1.08. The molecule has 4 nitrogen and oxygen atoms in total. The molecular weight excluding hydrogens is 196 g/mol. The summed E-state index contributed by atoms with van der Waals surface area (Å²) < 4.78 is 0. The van der Waals surface area contributed by atoms with Gasteiger partial charge in [-0.2, -0.15) is 0 Å². The van der Waals surface area contributed by atoms with Crippen LogP contribution in [0.3, 0.4) is 0 Å². The van der Waals surface area contributed by atoms with Crippen molar-refractivity contribution in [3.63, 3.8) is 0 Å². The number of hydrogen-bond donors (Lipinski definition) is 2. The van der Waals surface area contributed by atoms with E-state index in [0.29, 0.717) is 17.1 Å². The lowest BCUT2D eigenvalue weighted by molar-refractivity contribution is 0.539. The van der Waals surface area contributed by atoms with E-state index in [4.69, 9.17) is 5.73 Å². The highest BCUT2D eigenvalue weighted by molar-refractivity contribution is 7.15. The van der Waals surface area contributed by atoms with Crippen LogP contribution in [0.1, 0.15) is 38.1 Å². The van der Waals surface area contributed by atoms with Crippen LogP contribution in [-0.2, 0) is 0 Å². The largest absolute Gasteiger partial charge is 0.374 e. The van der Waals surface area contributed by atoms with Crippen LogP contribution in [0.4, 0.5) is 5.13 Å². The van der Waals surface area contributed by atoms with Crippen LogP contribution in [0.5, 0.6) is 0 Å². The minimum atomic E-state index is 0.441. The van der Waals surface area contributed by atoms with Gasteiger partial charge in [-0.05, 0) is 13.0 Å². The highest BCUT2D eigenvalue weighted by atomic mass is 32.1. The van der Waals surface area contributed by atoms with Gasteiger partial charge >= 0.3 is 0 Å². The summed E-state index contributed by atoms with van der Waals surface area (Å²) in [5, 5.41) is 12.8. The second-order valence-electron chi connectivity index (χ2n) is 3.78. The fraction of sp³-hybridized carbons (Fsp3) is 0.778. The van der Waals surface area contributed by atoms with Crippen molar-refractivity contribution in [1.29, 1.82) is 0 Å². The number of anilines is 1. The van der Waals surface area contributed by atoms with Crippen molar-refractivity contribution in [2.75, 3.05) is 12.3 Å². The molecule has 0 fully saturated rings. The minimum Gasteiger partial charge on any atom is -0.374 e. The van der Waals surface area contributed by atoms with E-state index in [1.807, 2.05) is 0 Å². The molecular formula is C9H18N4S. The van der Waals surface area contributed by atoms with Gasteiger partial charge in [0.25, 0.3) is 0 Å². The molecule has 0 saturated heterocycles. The third-order valence-electron chi connectivity index (χ3n) is 2.01. The fourth-order valence-electron chi connectivity index (χ4n) is 1.16. The Balaban J connectivity index is 2.32. The van der Waals surface area contributed by atoms with Gasteiger partial charge in [0.1, 0.15) is 5.01 Å². The van der Waals surface area contributed by atoms with Crippen molar-refractivity contribution in [1.82, 2.24) is 15.5 Å². The molecule has 14 heavy (non-hydrogen) atoms. The normalized spacial score (nSPS) is 13.4. The summed E-state index contributed by atoms with van der Waals surface area (Å²) in [5.74, 6) is 0.441. The third kappa shape index (κ3) is 3.59. The van der Waals surface area contributed by atoms with Crippen LogP contribution in [-0.4, -0.2) is 22.8 Å². The van der Waals surface area contributed by atoms with Gasteiger partial charge in [-0.25, -0.2) is 0 Å². The maximum atomic E-state index is 5.52. The minimum absolute atomic E-state index is 0.441. The van der Waals surface area contributed by atoms with Crippen molar-refractivity contribution < 1.29 is 0 Å². The Labute approximate surface area is 88.9 Å². The fourth-order valence-corrected chi connectivity index (χ4v) is 1.85. The Bertz CT molecular complexity index is 272. The SMILES string of the molecule is CC(C)NCCC(C)c1nnc(N)s1. The van der Waals surface area contributed by atoms with E-state index in [-0.39, 0.29) is 0 Å². The van der Waals surface area contributed by atoms with Gasteiger partial charge in [-0.15, -0.1) is 10.2 Å². The summed E-state index contributed by atoms with van der Waals surface area (Å²) in [6.45, 7) is 7.46. The van der Waals surface area contributed by atoms with Gasteiger partial charge in [0.05, 0.1) is 0 Å². The van der Waals surface area contributed by atoms with Crippen LogP contribution in [0.2, 0.25) is 0 Å². The second kappa shape index (κ2) is 5.26. The van der Waals surface area contributed by atoms with Crippen LogP contribution in [0.25, 0.3) is 0 Å². The molecule has 0 saturated carbocycles. The third-order valence-corrected chi connectivity index (χ3v) is 2.99. The van der Waals surface area contributed by atoms with Gasteiger partial charge in [-0.3, -0.25) is 0 Å². The monoisotopic (exact) mass is 214 g/mol. The predicted octanol–water partition coefficient (Wildman–Crippen LogP) is 1.61. The van der Waals surface area contributed by atoms with Crippen molar-refractivity contribution in [3.8, 4) is 0 Å². The maximum absolute atomic E-state index is 5.52.